The van der Waals surface area contributed by atoms with Crippen LogP contribution < -0.4 is 0 Å². The molecule has 0 heterocycles. The lowest BCUT2D eigenvalue weighted by atomic mass is 9.38. The van der Waals surface area contributed by atoms with Crippen molar-refractivity contribution in [2.75, 3.05) is 0 Å². The van der Waals surface area contributed by atoms with Crippen molar-refractivity contribution in [2.45, 2.75) is 97.4 Å². The van der Waals surface area contributed by atoms with Gasteiger partial charge >= 0.3 is 17.9 Å². The highest BCUT2D eigenvalue weighted by Crippen LogP contribution is 2.73. The maximum atomic E-state index is 12.3. The molecule has 4 fully saturated rings. The molecule has 1 spiro atoms. The van der Waals surface area contributed by atoms with Gasteiger partial charge in [0, 0.05) is 43.4 Å². The Balaban J connectivity index is 1.95. The third-order valence-corrected chi connectivity index (χ3v) is 9.49. The molecular formula is C26H38O9. The summed E-state index contributed by atoms with van der Waals surface area (Å²) >= 11 is 0. The van der Waals surface area contributed by atoms with Crippen LogP contribution in [0, 0.1) is 34.0 Å². The van der Waals surface area contributed by atoms with Gasteiger partial charge in [0.05, 0.1) is 18.3 Å². The lowest BCUT2D eigenvalue weighted by Gasteiger charge is -2.69. The summed E-state index contributed by atoms with van der Waals surface area (Å²) in [5.41, 5.74) is -2.40. The van der Waals surface area contributed by atoms with Gasteiger partial charge in [0.2, 0.25) is 0 Å². The summed E-state index contributed by atoms with van der Waals surface area (Å²) in [5, 5.41) is 34.8. The van der Waals surface area contributed by atoms with E-state index in [1.807, 2.05) is 20.8 Å². The number of esters is 3. The van der Waals surface area contributed by atoms with Gasteiger partial charge in [-0.2, -0.15) is 0 Å². The first-order valence-corrected chi connectivity index (χ1v) is 12.3. The second-order valence-electron chi connectivity index (χ2n) is 12.0. The Kier molecular flexibility index (Phi) is 6.18. The van der Waals surface area contributed by atoms with Crippen LogP contribution in [0.4, 0.5) is 0 Å². The minimum atomic E-state index is -1.24. The number of hydrogen-bond acceptors (Lipinski definition) is 9. The first kappa shape index (κ1) is 26.1. The van der Waals surface area contributed by atoms with Crippen LogP contribution in [0.25, 0.3) is 0 Å². The van der Waals surface area contributed by atoms with Crippen LogP contribution in [-0.2, 0) is 28.6 Å². The predicted octanol–water partition coefficient (Wildman–Crippen LogP) is 1.51. The van der Waals surface area contributed by atoms with E-state index in [4.69, 9.17) is 14.2 Å². The molecule has 0 aliphatic heterocycles. The van der Waals surface area contributed by atoms with Gasteiger partial charge in [-0.1, -0.05) is 27.4 Å². The van der Waals surface area contributed by atoms with Crippen LogP contribution in [0.3, 0.4) is 0 Å². The summed E-state index contributed by atoms with van der Waals surface area (Å²) in [7, 11) is 0. The van der Waals surface area contributed by atoms with E-state index in [0.717, 1.165) is 0 Å². The molecule has 9 nitrogen and oxygen atoms in total. The van der Waals surface area contributed by atoms with E-state index in [9.17, 15) is 29.7 Å². The highest BCUT2D eigenvalue weighted by atomic mass is 16.6. The van der Waals surface area contributed by atoms with E-state index in [1.165, 1.54) is 20.8 Å². The van der Waals surface area contributed by atoms with Gasteiger partial charge in [-0.15, -0.1) is 0 Å². The van der Waals surface area contributed by atoms with Crippen LogP contribution in [0.5, 0.6) is 0 Å². The van der Waals surface area contributed by atoms with E-state index in [0.29, 0.717) is 18.4 Å². The molecule has 4 aliphatic carbocycles. The molecule has 4 rings (SSSR count). The van der Waals surface area contributed by atoms with E-state index >= 15 is 0 Å². The Labute approximate surface area is 205 Å². The Morgan fingerprint density at radius 3 is 1.94 bits per heavy atom. The van der Waals surface area contributed by atoms with Gasteiger partial charge in [0.1, 0.15) is 18.3 Å². The summed E-state index contributed by atoms with van der Waals surface area (Å²) in [4.78, 5) is 36.4. The normalized spacial score (nSPS) is 47.8. The van der Waals surface area contributed by atoms with Gasteiger partial charge in [0.15, 0.2) is 0 Å². The van der Waals surface area contributed by atoms with E-state index in [2.05, 4.69) is 6.58 Å². The average molecular weight is 495 g/mol. The Bertz CT molecular complexity index is 943. The second-order valence-corrected chi connectivity index (χ2v) is 12.0. The molecule has 11 atom stereocenters. The van der Waals surface area contributed by atoms with E-state index in [1.54, 1.807) is 0 Å². The molecule has 0 radical (unpaired) electrons. The Morgan fingerprint density at radius 2 is 1.40 bits per heavy atom. The highest BCUT2D eigenvalue weighted by Gasteiger charge is 2.78. The second kappa shape index (κ2) is 8.28. The fourth-order valence-corrected chi connectivity index (χ4v) is 8.97. The fraction of sp³-hybridized carbons (Fsp3) is 0.808. The first-order chi connectivity index (χ1) is 16.1. The van der Waals surface area contributed by atoms with Crippen molar-refractivity contribution >= 4 is 17.9 Å². The van der Waals surface area contributed by atoms with Gasteiger partial charge < -0.3 is 29.5 Å². The maximum absolute atomic E-state index is 12.3. The van der Waals surface area contributed by atoms with Crippen LogP contribution in [0.2, 0.25) is 0 Å². The van der Waals surface area contributed by atoms with Crippen LogP contribution >= 0.6 is 0 Å². The molecule has 4 saturated carbocycles. The summed E-state index contributed by atoms with van der Waals surface area (Å²) in [6.45, 7) is 13.5. The number of rotatable bonds is 3. The molecule has 0 aromatic carbocycles. The number of carbonyl (C=O) groups is 3. The number of carbonyl (C=O) groups excluding carboxylic acids is 3. The highest BCUT2D eigenvalue weighted by molar-refractivity contribution is 5.67. The topological polar surface area (TPSA) is 140 Å². The average Bonchev–Trinajstić information content (AvgIpc) is 2.88. The third kappa shape index (κ3) is 3.56. The quantitative estimate of drug-likeness (QED) is 0.303. The number of fused-ring (bicyclic) bond motifs is 3. The van der Waals surface area contributed by atoms with Gasteiger partial charge in [0.25, 0.3) is 0 Å². The molecule has 2 bridgehead atoms. The molecular weight excluding hydrogens is 456 g/mol. The molecule has 4 aliphatic rings. The molecule has 0 saturated heterocycles. The van der Waals surface area contributed by atoms with E-state index in [-0.39, 0.29) is 12.3 Å². The first-order valence-electron chi connectivity index (χ1n) is 12.3. The zero-order valence-corrected chi connectivity index (χ0v) is 21.3. The summed E-state index contributed by atoms with van der Waals surface area (Å²) in [6.07, 6.45) is -5.06. The van der Waals surface area contributed by atoms with Crippen molar-refractivity contribution in [2.24, 2.45) is 34.0 Å². The molecule has 0 aromatic heterocycles. The molecule has 0 amide bonds. The van der Waals surface area contributed by atoms with E-state index < -0.39 is 82.6 Å². The van der Waals surface area contributed by atoms with Crippen molar-refractivity contribution in [1.29, 1.82) is 0 Å². The van der Waals surface area contributed by atoms with Gasteiger partial charge in [-0.25, -0.2) is 0 Å². The van der Waals surface area contributed by atoms with Gasteiger partial charge in [-0.3, -0.25) is 14.4 Å². The third-order valence-electron chi connectivity index (χ3n) is 9.49. The largest absolute Gasteiger partial charge is 0.462 e. The van der Waals surface area contributed by atoms with Crippen molar-refractivity contribution in [1.82, 2.24) is 0 Å². The van der Waals surface area contributed by atoms with Crippen LogP contribution in [-0.4, -0.2) is 69.9 Å². The molecule has 3 N–H and O–H groups in total. The summed E-state index contributed by atoms with van der Waals surface area (Å²) < 4.78 is 17.2. The number of aliphatic hydroxyl groups is 3. The van der Waals surface area contributed by atoms with Crippen LogP contribution in [0.15, 0.2) is 12.2 Å². The van der Waals surface area contributed by atoms with Crippen molar-refractivity contribution in [3.63, 3.8) is 0 Å². The molecule has 196 valence electrons. The fourth-order valence-electron chi connectivity index (χ4n) is 8.97. The summed E-state index contributed by atoms with van der Waals surface area (Å²) in [6, 6.07) is 0. The molecule has 35 heavy (non-hydrogen) atoms. The zero-order chi connectivity index (χ0) is 26.2. The Hall–Kier alpha value is -1.97. The summed E-state index contributed by atoms with van der Waals surface area (Å²) in [5.74, 6) is -2.99. The molecule has 9 heteroatoms. The number of aliphatic hydroxyl groups excluding tert-OH is 3. The zero-order valence-electron chi connectivity index (χ0n) is 21.3. The number of hydrogen-bond donors (Lipinski definition) is 3. The molecule has 0 unspecified atom stereocenters. The standard InChI is InChI=1S/C26H38O9/c1-11-15-8-17(33-12(2)27)19-25(7)10-16(30)22(34-13(3)28)24(5,6)20(25)18(31)23(35-14(4)29)26(19,9-15)21(11)32/h15-23,30-32H,1,8-10H2,2-7H3/t15-,16+,17+,18-,19+,20-,21-,22+,23+,25+,26+/m1/s1. The van der Waals surface area contributed by atoms with Gasteiger partial charge in [-0.05, 0) is 36.2 Å². The van der Waals surface area contributed by atoms with Crippen LogP contribution in [0.1, 0.15) is 60.8 Å². The minimum Gasteiger partial charge on any atom is -0.462 e. The predicted molar refractivity (Wildman–Crippen MR) is 122 cm³/mol. The van der Waals surface area contributed by atoms with Crippen molar-refractivity contribution in [3.8, 4) is 0 Å². The maximum Gasteiger partial charge on any atom is 0.303 e. The SMILES string of the molecule is C=C1[C@@H]2C[C@H](OC(C)=O)[C@H]3[C@]4(C)C[C@H](O)[C@H](OC(C)=O)C(C)(C)[C@H]4[C@@H](O)[C@H](OC(C)=O)[C@]3(C2)[C@@H]1O. The number of ether oxygens (including phenoxy) is 3. The molecule has 0 aromatic rings. The monoisotopic (exact) mass is 494 g/mol. The lowest BCUT2D eigenvalue weighted by Crippen LogP contribution is -2.75. The lowest BCUT2D eigenvalue weighted by molar-refractivity contribution is -0.313. The Morgan fingerprint density at radius 1 is 0.857 bits per heavy atom. The minimum absolute atomic E-state index is 0.136. The smallest absolute Gasteiger partial charge is 0.303 e. The van der Waals surface area contributed by atoms with Crippen molar-refractivity contribution < 1.29 is 43.9 Å². The van der Waals surface area contributed by atoms with Crippen molar-refractivity contribution in [3.05, 3.63) is 12.2 Å².